The van der Waals surface area contributed by atoms with E-state index in [2.05, 4.69) is 47.5 Å². The fourth-order valence-corrected chi connectivity index (χ4v) is 4.26. The normalized spacial score (nSPS) is 20.9. The Morgan fingerprint density at radius 2 is 2.00 bits per heavy atom. The summed E-state index contributed by atoms with van der Waals surface area (Å²) < 4.78 is 6.23. The first kappa shape index (κ1) is 18.7. The Bertz CT molecular complexity index is 772. The molecule has 146 valence electrons. The van der Waals surface area contributed by atoms with Gasteiger partial charge in [0.15, 0.2) is 0 Å². The number of aryl methyl sites for hydroxylation is 1. The van der Waals surface area contributed by atoms with Crippen molar-refractivity contribution in [3.05, 3.63) is 41.5 Å². The zero-order chi connectivity index (χ0) is 18.6. The molecule has 4 nitrogen and oxygen atoms in total. The van der Waals surface area contributed by atoms with Gasteiger partial charge >= 0.3 is 0 Å². The maximum Gasteiger partial charge on any atom is 0.130 e. The summed E-state index contributed by atoms with van der Waals surface area (Å²) in [5.41, 5.74) is 2.64. The van der Waals surface area contributed by atoms with Gasteiger partial charge in [-0.25, -0.2) is 0 Å². The highest BCUT2D eigenvalue weighted by atomic mass is 16.5. The summed E-state index contributed by atoms with van der Waals surface area (Å²) in [6.07, 6.45) is 5.04. The molecule has 1 aliphatic carbocycles. The lowest BCUT2D eigenvalue weighted by molar-refractivity contribution is 0.177. The van der Waals surface area contributed by atoms with E-state index in [4.69, 9.17) is 9.84 Å². The van der Waals surface area contributed by atoms with Crippen molar-refractivity contribution in [2.75, 3.05) is 32.8 Å². The molecule has 27 heavy (non-hydrogen) atoms. The van der Waals surface area contributed by atoms with E-state index in [1.165, 1.54) is 47.6 Å². The van der Waals surface area contributed by atoms with Crippen molar-refractivity contribution >= 4 is 10.8 Å². The summed E-state index contributed by atoms with van der Waals surface area (Å²) in [4.78, 5) is 2.55. The Labute approximate surface area is 162 Å². The van der Waals surface area contributed by atoms with Crippen LogP contribution in [0, 0.1) is 12.8 Å². The Balaban J connectivity index is 1.53. The summed E-state index contributed by atoms with van der Waals surface area (Å²) >= 11 is 0. The molecular formula is C23H32N2O2. The van der Waals surface area contributed by atoms with Crippen LogP contribution in [0.2, 0.25) is 0 Å². The van der Waals surface area contributed by atoms with Crippen molar-refractivity contribution in [1.82, 2.24) is 10.2 Å². The molecule has 2 aromatic carbocycles. The first-order valence-corrected chi connectivity index (χ1v) is 10.4. The summed E-state index contributed by atoms with van der Waals surface area (Å²) in [5.74, 6) is 1.84. The van der Waals surface area contributed by atoms with Gasteiger partial charge in [-0.1, -0.05) is 30.3 Å². The highest BCUT2D eigenvalue weighted by molar-refractivity contribution is 5.92. The number of piperidine rings is 1. The Morgan fingerprint density at radius 1 is 1.19 bits per heavy atom. The topological polar surface area (TPSA) is 44.7 Å². The van der Waals surface area contributed by atoms with Crippen LogP contribution in [-0.2, 0) is 6.54 Å². The van der Waals surface area contributed by atoms with Gasteiger partial charge < -0.3 is 15.2 Å². The predicted molar refractivity (Wildman–Crippen MR) is 110 cm³/mol. The third-order valence-corrected chi connectivity index (χ3v) is 5.87. The molecular weight excluding hydrogens is 336 g/mol. The molecule has 1 heterocycles. The number of benzene rings is 2. The molecule has 2 aromatic rings. The molecule has 2 N–H and O–H groups in total. The Morgan fingerprint density at radius 3 is 2.78 bits per heavy atom. The number of hydrogen-bond acceptors (Lipinski definition) is 4. The van der Waals surface area contributed by atoms with Gasteiger partial charge in [0.2, 0.25) is 0 Å². The van der Waals surface area contributed by atoms with Gasteiger partial charge in [-0.3, -0.25) is 4.90 Å². The number of rotatable bonds is 8. The lowest BCUT2D eigenvalue weighted by Crippen LogP contribution is -2.46. The Kier molecular flexibility index (Phi) is 5.96. The average Bonchev–Trinajstić information content (AvgIpc) is 3.51. The van der Waals surface area contributed by atoms with E-state index in [-0.39, 0.29) is 6.61 Å². The van der Waals surface area contributed by atoms with Crippen molar-refractivity contribution < 1.29 is 9.84 Å². The van der Waals surface area contributed by atoms with Gasteiger partial charge in [-0.2, -0.15) is 0 Å². The molecule has 4 heteroatoms. The van der Waals surface area contributed by atoms with Gasteiger partial charge in [0.05, 0.1) is 13.2 Å². The molecule has 1 saturated carbocycles. The van der Waals surface area contributed by atoms with Crippen LogP contribution in [0.3, 0.4) is 0 Å². The van der Waals surface area contributed by atoms with Crippen LogP contribution in [-0.4, -0.2) is 48.9 Å². The molecule has 1 atom stereocenters. The zero-order valence-corrected chi connectivity index (χ0v) is 16.4. The van der Waals surface area contributed by atoms with Crippen molar-refractivity contribution in [2.24, 2.45) is 5.92 Å². The number of ether oxygens (including phenoxy) is 1. The second-order valence-electron chi connectivity index (χ2n) is 8.23. The number of hydrogen-bond donors (Lipinski definition) is 2. The van der Waals surface area contributed by atoms with Crippen LogP contribution >= 0.6 is 0 Å². The van der Waals surface area contributed by atoms with Crippen molar-refractivity contribution in [1.29, 1.82) is 0 Å². The minimum atomic E-state index is 0.211. The fraction of sp³-hybridized carbons (Fsp3) is 0.565. The summed E-state index contributed by atoms with van der Waals surface area (Å²) in [7, 11) is 0. The summed E-state index contributed by atoms with van der Waals surface area (Å²) in [6.45, 7) is 7.10. The maximum absolute atomic E-state index is 9.07. The van der Waals surface area contributed by atoms with Crippen LogP contribution in [0.5, 0.6) is 5.75 Å². The lowest BCUT2D eigenvalue weighted by atomic mass is 9.98. The second-order valence-corrected chi connectivity index (χ2v) is 8.23. The SMILES string of the molecule is Cc1cc(CN2CCC[C@H](NCCO)C2)c2ccccc2c1OCC1CC1. The molecule has 0 spiro atoms. The smallest absolute Gasteiger partial charge is 0.130 e. The van der Waals surface area contributed by atoms with Crippen molar-refractivity contribution in [3.8, 4) is 5.75 Å². The molecule has 0 unspecified atom stereocenters. The standard InChI is InChI=1S/C23H32N2O2/c1-17-13-19(14-25-11-4-5-20(15-25)24-10-12-26)21-6-2-3-7-22(21)23(17)27-16-18-8-9-18/h2-3,6-7,13,18,20,24,26H,4-5,8-12,14-16H2,1H3/t20-/m0/s1. The second kappa shape index (κ2) is 8.59. The number of aliphatic hydroxyl groups is 1. The first-order valence-electron chi connectivity index (χ1n) is 10.4. The van der Waals surface area contributed by atoms with Gasteiger partial charge in [0.1, 0.15) is 5.75 Å². The van der Waals surface area contributed by atoms with Gasteiger partial charge in [0, 0.05) is 31.1 Å². The highest BCUT2D eigenvalue weighted by Crippen LogP contribution is 2.36. The van der Waals surface area contributed by atoms with Crippen LogP contribution in [0.1, 0.15) is 36.8 Å². The molecule has 0 radical (unpaired) electrons. The molecule has 2 aliphatic rings. The molecule has 4 rings (SSSR count). The highest BCUT2D eigenvalue weighted by Gasteiger charge is 2.24. The van der Waals surface area contributed by atoms with E-state index in [0.717, 1.165) is 37.9 Å². The largest absolute Gasteiger partial charge is 0.492 e. The predicted octanol–water partition coefficient (Wildman–Crippen LogP) is 3.48. The van der Waals surface area contributed by atoms with E-state index in [1.807, 2.05) is 0 Å². The van der Waals surface area contributed by atoms with E-state index in [1.54, 1.807) is 0 Å². The van der Waals surface area contributed by atoms with Crippen molar-refractivity contribution in [3.63, 3.8) is 0 Å². The van der Waals surface area contributed by atoms with Gasteiger partial charge in [-0.05, 0) is 61.6 Å². The molecule has 2 fully saturated rings. The summed E-state index contributed by atoms with van der Waals surface area (Å²) in [6, 6.07) is 11.5. The van der Waals surface area contributed by atoms with Crippen LogP contribution in [0.15, 0.2) is 30.3 Å². The van der Waals surface area contributed by atoms with Gasteiger partial charge in [-0.15, -0.1) is 0 Å². The summed E-state index contributed by atoms with van der Waals surface area (Å²) in [5, 5.41) is 15.1. The lowest BCUT2D eigenvalue weighted by Gasteiger charge is -2.33. The number of nitrogens with one attached hydrogen (secondary N) is 1. The third-order valence-electron chi connectivity index (χ3n) is 5.87. The number of nitrogens with zero attached hydrogens (tertiary/aromatic N) is 1. The first-order chi connectivity index (χ1) is 13.2. The van der Waals surface area contributed by atoms with E-state index in [0.29, 0.717) is 12.6 Å². The third kappa shape index (κ3) is 4.63. The molecule has 0 aromatic heterocycles. The van der Waals surface area contributed by atoms with E-state index < -0.39 is 0 Å². The number of aliphatic hydroxyl groups excluding tert-OH is 1. The molecule has 1 saturated heterocycles. The molecule has 0 amide bonds. The average molecular weight is 369 g/mol. The molecule has 0 bridgehead atoms. The van der Waals surface area contributed by atoms with Crippen LogP contribution in [0.25, 0.3) is 10.8 Å². The zero-order valence-electron chi connectivity index (χ0n) is 16.4. The van der Waals surface area contributed by atoms with Crippen LogP contribution < -0.4 is 10.1 Å². The fourth-order valence-electron chi connectivity index (χ4n) is 4.26. The monoisotopic (exact) mass is 368 g/mol. The van der Waals surface area contributed by atoms with E-state index in [9.17, 15) is 0 Å². The number of likely N-dealkylation sites (tertiary alicyclic amines) is 1. The minimum absolute atomic E-state index is 0.211. The van der Waals surface area contributed by atoms with E-state index >= 15 is 0 Å². The maximum atomic E-state index is 9.07. The Hall–Kier alpha value is -1.62. The quantitative estimate of drug-likeness (QED) is 0.749. The van der Waals surface area contributed by atoms with Crippen LogP contribution in [0.4, 0.5) is 0 Å². The minimum Gasteiger partial charge on any atom is -0.492 e. The van der Waals surface area contributed by atoms with Gasteiger partial charge in [0.25, 0.3) is 0 Å². The molecule has 1 aliphatic heterocycles. The van der Waals surface area contributed by atoms with Crippen molar-refractivity contribution in [2.45, 2.75) is 45.2 Å². The number of fused-ring (bicyclic) bond motifs is 1.